The van der Waals surface area contributed by atoms with Crippen molar-refractivity contribution in [2.24, 2.45) is 5.92 Å². The van der Waals surface area contributed by atoms with Crippen LogP contribution in [0.4, 0.5) is 5.82 Å². The number of rotatable bonds is 7. The SMILES string of the molecule is CCCNc1ccc(CN(C)C(C)C(C)C)cn1. The maximum absolute atomic E-state index is 4.44. The van der Waals surface area contributed by atoms with E-state index in [4.69, 9.17) is 0 Å². The molecule has 1 rings (SSSR count). The van der Waals surface area contributed by atoms with Crippen LogP contribution in [-0.2, 0) is 6.54 Å². The van der Waals surface area contributed by atoms with E-state index in [9.17, 15) is 0 Å². The van der Waals surface area contributed by atoms with Crippen LogP contribution >= 0.6 is 0 Å². The summed E-state index contributed by atoms with van der Waals surface area (Å²) in [4.78, 5) is 6.81. The monoisotopic (exact) mass is 249 g/mol. The zero-order valence-corrected chi connectivity index (χ0v) is 12.4. The standard InChI is InChI=1S/C15H27N3/c1-6-9-16-15-8-7-14(10-17-15)11-18(5)13(4)12(2)3/h7-8,10,12-13H,6,9,11H2,1-5H3,(H,16,17). The Morgan fingerprint density at radius 2 is 2.00 bits per heavy atom. The Morgan fingerprint density at radius 3 is 2.50 bits per heavy atom. The Labute approximate surface area is 112 Å². The highest BCUT2D eigenvalue weighted by molar-refractivity contribution is 5.35. The van der Waals surface area contributed by atoms with E-state index in [0.717, 1.165) is 25.3 Å². The summed E-state index contributed by atoms with van der Waals surface area (Å²) in [7, 11) is 2.17. The van der Waals surface area contributed by atoms with Crippen molar-refractivity contribution >= 4 is 5.82 Å². The molecular weight excluding hydrogens is 222 g/mol. The van der Waals surface area contributed by atoms with Gasteiger partial charge in [0.2, 0.25) is 0 Å². The molecule has 0 aliphatic rings. The lowest BCUT2D eigenvalue weighted by molar-refractivity contribution is 0.200. The average molecular weight is 249 g/mol. The molecule has 1 heterocycles. The van der Waals surface area contributed by atoms with E-state index in [1.54, 1.807) is 0 Å². The molecule has 1 aromatic rings. The summed E-state index contributed by atoms with van der Waals surface area (Å²) in [6.07, 6.45) is 3.10. The highest BCUT2D eigenvalue weighted by Crippen LogP contribution is 2.13. The topological polar surface area (TPSA) is 28.2 Å². The number of hydrogen-bond acceptors (Lipinski definition) is 3. The van der Waals surface area contributed by atoms with Gasteiger partial charge in [-0.25, -0.2) is 4.98 Å². The van der Waals surface area contributed by atoms with Crippen LogP contribution in [0.15, 0.2) is 18.3 Å². The van der Waals surface area contributed by atoms with Crippen LogP contribution in [0.2, 0.25) is 0 Å². The fraction of sp³-hybridized carbons (Fsp3) is 0.667. The van der Waals surface area contributed by atoms with E-state index in [2.05, 4.69) is 62.1 Å². The van der Waals surface area contributed by atoms with E-state index in [1.807, 2.05) is 6.20 Å². The van der Waals surface area contributed by atoms with Crippen LogP contribution in [0, 0.1) is 5.92 Å². The van der Waals surface area contributed by atoms with E-state index >= 15 is 0 Å². The predicted molar refractivity (Wildman–Crippen MR) is 78.8 cm³/mol. The Balaban J connectivity index is 2.52. The number of nitrogens with one attached hydrogen (secondary N) is 1. The first-order chi connectivity index (χ1) is 8.54. The average Bonchev–Trinajstić information content (AvgIpc) is 2.36. The van der Waals surface area contributed by atoms with Gasteiger partial charge in [0.15, 0.2) is 0 Å². The van der Waals surface area contributed by atoms with E-state index in [-0.39, 0.29) is 0 Å². The summed E-state index contributed by atoms with van der Waals surface area (Å²) >= 11 is 0. The van der Waals surface area contributed by atoms with Gasteiger partial charge in [-0.15, -0.1) is 0 Å². The van der Waals surface area contributed by atoms with Gasteiger partial charge in [0.05, 0.1) is 0 Å². The summed E-state index contributed by atoms with van der Waals surface area (Å²) in [5, 5.41) is 3.29. The fourth-order valence-corrected chi connectivity index (χ4v) is 1.82. The number of pyridine rings is 1. The predicted octanol–water partition coefficient (Wildman–Crippen LogP) is 3.38. The van der Waals surface area contributed by atoms with Crippen molar-refractivity contribution in [3.63, 3.8) is 0 Å². The van der Waals surface area contributed by atoms with Crippen molar-refractivity contribution in [3.05, 3.63) is 23.9 Å². The molecule has 1 aromatic heterocycles. The summed E-state index contributed by atoms with van der Waals surface area (Å²) < 4.78 is 0. The van der Waals surface area contributed by atoms with Crippen LogP contribution in [0.1, 0.15) is 39.7 Å². The molecule has 0 fully saturated rings. The van der Waals surface area contributed by atoms with Gasteiger partial charge in [0.25, 0.3) is 0 Å². The van der Waals surface area contributed by atoms with Crippen LogP contribution in [0.5, 0.6) is 0 Å². The lowest BCUT2D eigenvalue weighted by atomic mass is 10.0. The minimum absolute atomic E-state index is 0.586. The van der Waals surface area contributed by atoms with Gasteiger partial charge in [-0.2, -0.15) is 0 Å². The number of aromatic nitrogens is 1. The Kier molecular flexibility index (Phi) is 6.13. The first-order valence-corrected chi connectivity index (χ1v) is 6.93. The molecule has 0 aromatic carbocycles. The van der Waals surface area contributed by atoms with Crippen LogP contribution in [0.3, 0.4) is 0 Å². The quantitative estimate of drug-likeness (QED) is 0.803. The third-order valence-corrected chi connectivity index (χ3v) is 3.47. The molecule has 0 amide bonds. The summed E-state index contributed by atoms with van der Waals surface area (Å²) in [6.45, 7) is 10.9. The van der Waals surface area contributed by atoms with Gasteiger partial charge in [0.1, 0.15) is 5.82 Å². The molecule has 3 nitrogen and oxygen atoms in total. The molecular formula is C15H27N3. The van der Waals surface area contributed by atoms with E-state index in [0.29, 0.717) is 12.0 Å². The minimum Gasteiger partial charge on any atom is -0.370 e. The molecule has 1 atom stereocenters. The van der Waals surface area contributed by atoms with Crippen LogP contribution in [0.25, 0.3) is 0 Å². The Bertz CT molecular complexity index is 332. The van der Waals surface area contributed by atoms with Crippen molar-refractivity contribution in [2.75, 3.05) is 18.9 Å². The molecule has 18 heavy (non-hydrogen) atoms. The molecule has 0 aliphatic carbocycles. The third-order valence-electron chi connectivity index (χ3n) is 3.47. The lowest BCUT2D eigenvalue weighted by Crippen LogP contribution is -2.32. The number of nitrogens with zero attached hydrogens (tertiary/aromatic N) is 2. The maximum Gasteiger partial charge on any atom is 0.125 e. The Morgan fingerprint density at radius 1 is 1.28 bits per heavy atom. The molecule has 1 N–H and O–H groups in total. The lowest BCUT2D eigenvalue weighted by Gasteiger charge is -2.27. The van der Waals surface area contributed by atoms with Crippen molar-refractivity contribution < 1.29 is 0 Å². The highest BCUT2D eigenvalue weighted by atomic mass is 15.1. The first kappa shape index (κ1) is 15.0. The van der Waals surface area contributed by atoms with Crippen LogP contribution < -0.4 is 5.32 Å². The van der Waals surface area contributed by atoms with E-state index in [1.165, 1.54) is 5.56 Å². The molecule has 0 radical (unpaired) electrons. The second kappa shape index (κ2) is 7.37. The third kappa shape index (κ3) is 4.65. The van der Waals surface area contributed by atoms with Gasteiger partial charge < -0.3 is 5.32 Å². The second-order valence-electron chi connectivity index (χ2n) is 5.38. The van der Waals surface area contributed by atoms with Gasteiger partial charge in [-0.05, 0) is 37.9 Å². The fourth-order valence-electron chi connectivity index (χ4n) is 1.82. The minimum atomic E-state index is 0.586. The van der Waals surface area contributed by atoms with Gasteiger partial charge in [-0.3, -0.25) is 4.90 Å². The molecule has 0 bridgehead atoms. The van der Waals surface area contributed by atoms with E-state index < -0.39 is 0 Å². The molecule has 1 unspecified atom stereocenters. The summed E-state index contributed by atoms with van der Waals surface area (Å²) in [6, 6.07) is 4.82. The molecule has 0 spiro atoms. The molecule has 0 saturated carbocycles. The molecule has 102 valence electrons. The Hall–Kier alpha value is -1.09. The normalized spacial score (nSPS) is 13.1. The second-order valence-corrected chi connectivity index (χ2v) is 5.38. The first-order valence-electron chi connectivity index (χ1n) is 6.93. The van der Waals surface area contributed by atoms with Crippen molar-refractivity contribution in [2.45, 2.75) is 46.7 Å². The van der Waals surface area contributed by atoms with Crippen molar-refractivity contribution in [1.29, 1.82) is 0 Å². The highest BCUT2D eigenvalue weighted by Gasteiger charge is 2.13. The maximum atomic E-state index is 4.44. The van der Waals surface area contributed by atoms with Gasteiger partial charge in [0, 0.05) is 25.3 Å². The molecule has 0 aliphatic heterocycles. The zero-order valence-electron chi connectivity index (χ0n) is 12.4. The number of hydrogen-bond donors (Lipinski definition) is 1. The van der Waals surface area contributed by atoms with Crippen LogP contribution in [-0.4, -0.2) is 29.5 Å². The zero-order chi connectivity index (χ0) is 13.5. The van der Waals surface area contributed by atoms with Crippen molar-refractivity contribution in [1.82, 2.24) is 9.88 Å². The molecule has 0 saturated heterocycles. The van der Waals surface area contributed by atoms with Crippen molar-refractivity contribution in [3.8, 4) is 0 Å². The molecule has 3 heteroatoms. The number of anilines is 1. The smallest absolute Gasteiger partial charge is 0.125 e. The summed E-state index contributed by atoms with van der Waals surface area (Å²) in [5.74, 6) is 1.65. The summed E-state index contributed by atoms with van der Waals surface area (Å²) in [5.41, 5.74) is 1.27. The largest absolute Gasteiger partial charge is 0.370 e. The van der Waals surface area contributed by atoms with Gasteiger partial charge >= 0.3 is 0 Å². The van der Waals surface area contributed by atoms with Gasteiger partial charge in [-0.1, -0.05) is 26.8 Å².